The predicted molar refractivity (Wildman–Crippen MR) is 127 cm³/mol. The number of imidazole rings is 1. The number of nitrogen functional groups attached to an aromatic ring is 1. The average Bonchev–Trinajstić information content (AvgIpc) is 3.24. The highest BCUT2D eigenvalue weighted by atomic mass is 35.5. The van der Waals surface area contributed by atoms with E-state index in [9.17, 15) is 4.79 Å². The molecule has 12 heteroatoms. The van der Waals surface area contributed by atoms with Crippen molar-refractivity contribution in [2.24, 2.45) is 0 Å². The first-order valence-electron chi connectivity index (χ1n) is 10.1. The molecule has 0 saturated heterocycles. The molecule has 0 radical (unpaired) electrons. The lowest BCUT2D eigenvalue weighted by Gasteiger charge is -2.17. The number of nitrogens with one attached hydrogen (secondary N) is 2. The minimum atomic E-state index is -0.582. The van der Waals surface area contributed by atoms with Crippen LogP contribution in [-0.4, -0.2) is 47.2 Å². The number of hydrogen-bond acceptors (Lipinski definition) is 9. The summed E-state index contributed by atoms with van der Waals surface area (Å²) in [5.41, 5.74) is 7.86. The summed E-state index contributed by atoms with van der Waals surface area (Å²) < 4.78 is 5.59. The van der Waals surface area contributed by atoms with Gasteiger partial charge in [0.25, 0.3) is 0 Å². The first-order valence-corrected chi connectivity index (χ1v) is 11.3. The number of hydrogen-bond donors (Lipinski definition) is 3. The van der Waals surface area contributed by atoms with Crippen LogP contribution in [0.15, 0.2) is 47.9 Å². The van der Waals surface area contributed by atoms with Crippen LogP contribution in [0.1, 0.15) is 19.4 Å². The molecule has 0 fully saturated rings. The largest absolute Gasteiger partial charge is 0.474 e. The standard InChI is InChI=1S/C21H21ClN8O2S/c1-11(2)32-18-13(22)9-24-21(29-18)28-17(31)14(8-12-6-4-3-5-7-12)33-19-15-16(26-10-25-15)27-20(23)30-19/h3-7,9-11,14H,8H2,1-2H3,(H,24,28,29,31)(H3,23,25,26,27,30)/t14-/m0/s1. The summed E-state index contributed by atoms with van der Waals surface area (Å²) in [5, 5.41) is 2.96. The minimum Gasteiger partial charge on any atom is -0.474 e. The molecule has 0 spiro atoms. The summed E-state index contributed by atoms with van der Waals surface area (Å²) in [6.45, 7) is 3.71. The maximum atomic E-state index is 13.3. The molecule has 1 amide bonds. The Labute approximate surface area is 198 Å². The van der Waals surface area contributed by atoms with Gasteiger partial charge in [-0.1, -0.05) is 53.7 Å². The summed E-state index contributed by atoms with van der Waals surface area (Å²) in [7, 11) is 0. The van der Waals surface area contributed by atoms with Gasteiger partial charge in [0.05, 0.1) is 23.9 Å². The third-order valence-corrected chi connectivity index (χ3v) is 5.82. The molecule has 4 rings (SSSR count). The van der Waals surface area contributed by atoms with Gasteiger partial charge in [0.1, 0.15) is 15.6 Å². The Morgan fingerprint density at radius 1 is 1.21 bits per heavy atom. The second-order valence-electron chi connectivity index (χ2n) is 7.29. The van der Waals surface area contributed by atoms with E-state index in [2.05, 4.69) is 35.2 Å². The monoisotopic (exact) mass is 484 g/mol. The molecule has 10 nitrogen and oxygen atoms in total. The number of carbonyl (C=O) groups is 1. The molecule has 0 saturated carbocycles. The number of fused-ring (bicyclic) bond motifs is 1. The number of anilines is 2. The number of amides is 1. The quantitative estimate of drug-likeness (QED) is 0.252. The van der Waals surface area contributed by atoms with Crippen molar-refractivity contribution >= 4 is 52.3 Å². The molecule has 33 heavy (non-hydrogen) atoms. The maximum Gasteiger partial charge on any atom is 0.240 e. The topological polar surface area (TPSA) is 145 Å². The molecule has 0 aliphatic heterocycles. The lowest BCUT2D eigenvalue weighted by molar-refractivity contribution is -0.115. The SMILES string of the molecule is CC(C)Oc1nc(NC(=O)[C@H](Cc2ccccc2)Sc2nc(N)nc3nc[nH]c23)ncc1Cl. The van der Waals surface area contributed by atoms with Crippen LogP contribution in [-0.2, 0) is 11.2 Å². The van der Waals surface area contributed by atoms with Crippen molar-refractivity contribution < 1.29 is 9.53 Å². The molecule has 1 aromatic carbocycles. The fourth-order valence-electron chi connectivity index (χ4n) is 2.97. The van der Waals surface area contributed by atoms with Gasteiger partial charge >= 0.3 is 0 Å². The van der Waals surface area contributed by atoms with E-state index in [0.29, 0.717) is 22.6 Å². The Bertz CT molecular complexity index is 1270. The van der Waals surface area contributed by atoms with Crippen LogP contribution < -0.4 is 15.8 Å². The zero-order chi connectivity index (χ0) is 23.4. The van der Waals surface area contributed by atoms with Gasteiger partial charge in [-0.05, 0) is 25.8 Å². The smallest absolute Gasteiger partial charge is 0.240 e. The summed E-state index contributed by atoms with van der Waals surface area (Å²) in [6.07, 6.45) is 3.19. The molecule has 0 aliphatic rings. The molecule has 170 valence electrons. The lowest BCUT2D eigenvalue weighted by Crippen LogP contribution is -2.28. The molecule has 1 atom stereocenters. The van der Waals surface area contributed by atoms with E-state index in [1.807, 2.05) is 44.2 Å². The van der Waals surface area contributed by atoms with Crippen LogP contribution >= 0.6 is 23.4 Å². The van der Waals surface area contributed by atoms with Crippen LogP contribution in [0.2, 0.25) is 5.02 Å². The molecule has 3 aromatic heterocycles. The molecule has 4 aromatic rings. The van der Waals surface area contributed by atoms with E-state index >= 15 is 0 Å². The Hall–Kier alpha value is -3.44. The Kier molecular flexibility index (Phi) is 6.90. The number of halogens is 1. The number of benzene rings is 1. The summed E-state index contributed by atoms with van der Waals surface area (Å²) in [4.78, 5) is 37.2. The maximum absolute atomic E-state index is 13.3. The number of H-pyrrole nitrogens is 1. The van der Waals surface area contributed by atoms with Gasteiger partial charge in [-0.3, -0.25) is 10.1 Å². The van der Waals surface area contributed by atoms with E-state index in [4.69, 9.17) is 22.1 Å². The van der Waals surface area contributed by atoms with Crippen molar-refractivity contribution in [2.45, 2.75) is 36.6 Å². The van der Waals surface area contributed by atoms with Gasteiger partial charge in [0, 0.05) is 0 Å². The number of ether oxygens (including phenoxy) is 1. The van der Waals surface area contributed by atoms with E-state index in [0.717, 1.165) is 5.56 Å². The van der Waals surface area contributed by atoms with Crippen molar-refractivity contribution in [3.63, 3.8) is 0 Å². The highest BCUT2D eigenvalue weighted by Gasteiger charge is 2.25. The van der Waals surface area contributed by atoms with Gasteiger partial charge in [0.2, 0.25) is 23.7 Å². The first kappa shape index (κ1) is 22.7. The van der Waals surface area contributed by atoms with Crippen molar-refractivity contribution in [3.05, 3.63) is 53.4 Å². The summed E-state index contributed by atoms with van der Waals surface area (Å²) in [5.74, 6) is 0.0542. The van der Waals surface area contributed by atoms with Crippen molar-refractivity contribution in [2.75, 3.05) is 11.1 Å². The second kappa shape index (κ2) is 10.0. The van der Waals surface area contributed by atoms with Crippen molar-refractivity contribution in [3.8, 4) is 5.88 Å². The van der Waals surface area contributed by atoms with E-state index in [-0.39, 0.29) is 34.8 Å². The normalized spacial score (nSPS) is 12.1. The molecule has 0 unspecified atom stereocenters. The predicted octanol–water partition coefficient (Wildman–Crippen LogP) is 3.51. The van der Waals surface area contributed by atoms with Crippen molar-refractivity contribution in [1.29, 1.82) is 0 Å². The Morgan fingerprint density at radius 3 is 2.76 bits per heavy atom. The Morgan fingerprint density at radius 2 is 2.00 bits per heavy atom. The number of carbonyl (C=O) groups excluding carboxylic acids is 1. The fourth-order valence-corrected chi connectivity index (χ4v) is 4.23. The van der Waals surface area contributed by atoms with E-state index < -0.39 is 5.25 Å². The number of thioether (sulfide) groups is 1. The van der Waals surface area contributed by atoms with Gasteiger partial charge in [0.15, 0.2) is 5.65 Å². The van der Waals surface area contributed by atoms with E-state index in [1.54, 1.807) is 0 Å². The highest BCUT2D eigenvalue weighted by molar-refractivity contribution is 8.00. The van der Waals surface area contributed by atoms with Gasteiger partial charge < -0.3 is 15.5 Å². The highest BCUT2D eigenvalue weighted by Crippen LogP contribution is 2.30. The van der Waals surface area contributed by atoms with E-state index in [1.165, 1.54) is 24.3 Å². The molecular weight excluding hydrogens is 464 g/mol. The molecule has 3 heterocycles. The summed E-state index contributed by atoms with van der Waals surface area (Å²) in [6, 6.07) is 9.66. The number of rotatable bonds is 8. The first-order chi connectivity index (χ1) is 15.9. The Balaban J connectivity index is 1.62. The number of nitrogens with zero attached hydrogens (tertiary/aromatic N) is 5. The molecule has 0 aliphatic carbocycles. The number of aromatic amines is 1. The summed E-state index contributed by atoms with van der Waals surface area (Å²) >= 11 is 7.36. The molecular formula is C21H21ClN8O2S. The number of aromatic nitrogens is 6. The third kappa shape index (κ3) is 5.68. The zero-order valence-electron chi connectivity index (χ0n) is 17.8. The zero-order valence-corrected chi connectivity index (χ0v) is 19.4. The average molecular weight is 485 g/mol. The lowest BCUT2D eigenvalue weighted by atomic mass is 10.1. The van der Waals surface area contributed by atoms with Gasteiger partial charge in [-0.25, -0.2) is 15.0 Å². The van der Waals surface area contributed by atoms with Crippen LogP contribution in [0.4, 0.5) is 11.9 Å². The second-order valence-corrected chi connectivity index (χ2v) is 8.89. The van der Waals surface area contributed by atoms with Crippen molar-refractivity contribution in [1.82, 2.24) is 29.9 Å². The fraction of sp³-hybridized carbons (Fsp3) is 0.238. The number of nitrogens with two attached hydrogens (primary N) is 1. The third-order valence-electron chi connectivity index (χ3n) is 4.37. The van der Waals surface area contributed by atoms with Crippen LogP contribution in [0, 0.1) is 0 Å². The van der Waals surface area contributed by atoms with Crippen LogP contribution in [0.5, 0.6) is 5.88 Å². The minimum absolute atomic E-state index is 0.0764. The molecule has 4 N–H and O–H groups in total. The molecule has 0 bridgehead atoms. The van der Waals surface area contributed by atoms with Crippen LogP contribution in [0.3, 0.4) is 0 Å². The van der Waals surface area contributed by atoms with Gasteiger partial charge in [-0.2, -0.15) is 9.97 Å². The van der Waals surface area contributed by atoms with Gasteiger partial charge in [-0.15, -0.1) is 0 Å². The van der Waals surface area contributed by atoms with Crippen LogP contribution in [0.25, 0.3) is 11.2 Å².